The number of anilines is 3. The van der Waals surface area contributed by atoms with E-state index in [9.17, 15) is 4.79 Å². The van der Waals surface area contributed by atoms with Gasteiger partial charge in [-0.3, -0.25) is 9.38 Å². The standard InChI is InChI=1S/C28H32N8O/c1-17(2)27-35-24(19-8-12-21(13-9-19)33-28(37)34-22-5-4-14-31-15-22)25-26(29)32-16-23(36(25)27)18-6-10-20(30-3)11-7-18/h4-6,8-9,12-17,20,30H,7,10-11H2,1-3H3,(H2,29,32)(H2,33,34,37). The Kier molecular flexibility index (Phi) is 6.87. The number of imidazole rings is 1. The van der Waals surface area contributed by atoms with Gasteiger partial charge >= 0.3 is 6.03 Å². The van der Waals surface area contributed by atoms with Crippen LogP contribution in [0.3, 0.4) is 0 Å². The zero-order valence-electron chi connectivity index (χ0n) is 21.3. The first-order chi connectivity index (χ1) is 17.9. The number of allylic oxidation sites excluding steroid dienone is 1. The van der Waals surface area contributed by atoms with Crippen molar-refractivity contribution in [1.29, 1.82) is 0 Å². The van der Waals surface area contributed by atoms with E-state index < -0.39 is 0 Å². The van der Waals surface area contributed by atoms with Crippen LogP contribution in [0.4, 0.5) is 22.0 Å². The number of benzene rings is 1. The van der Waals surface area contributed by atoms with Crippen LogP contribution in [0.5, 0.6) is 0 Å². The van der Waals surface area contributed by atoms with E-state index >= 15 is 0 Å². The molecule has 1 atom stereocenters. The van der Waals surface area contributed by atoms with Crippen LogP contribution in [0.1, 0.15) is 50.5 Å². The molecular formula is C28H32N8O. The highest BCUT2D eigenvalue weighted by Gasteiger charge is 2.23. The molecule has 9 heteroatoms. The van der Waals surface area contributed by atoms with Gasteiger partial charge in [-0.2, -0.15) is 0 Å². The zero-order chi connectivity index (χ0) is 25.9. The highest BCUT2D eigenvalue weighted by Crippen LogP contribution is 2.35. The third-order valence-electron chi connectivity index (χ3n) is 6.71. The maximum atomic E-state index is 12.4. The molecule has 3 aromatic heterocycles. The molecule has 9 nitrogen and oxygen atoms in total. The van der Waals surface area contributed by atoms with Crippen LogP contribution in [-0.4, -0.2) is 38.5 Å². The average Bonchev–Trinajstić information content (AvgIpc) is 3.32. The predicted molar refractivity (Wildman–Crippen MR) is 148 cm³/mol. The van der Waals surface area contributed by atoms with E-state index in [1.165, 1.54) is 5.57 Å². The smallest absolute Gasteiger partial charge is 0.323 e. The number of hydrogen-bond donors (Lipinski definition) is 4. The highest BCUT2D eigenvalue weighted by atomic mass is 16.2. The van der Waals surface area contributed by atoms with Crippen molar-refractivity contribution in [2.45, 2.75) is 45.1 Å². The highest BCUT2D eigenvalue weighted by molar-refractivity contribution is 5.99. The van der Waals surface area contributed by atoms with Crippen LogP contribution in [-0.2, 0) is 0 Å². The van der Waals surface area contributed by atoms with Gasteiger partial charge in [0.25, 0.3) is 0 Å². The molecule has 0 saturated heterocycles. The van der Waals surface area contributed by atoms with E-state index in [1.807, 2.05) is 37.5 Å². The number of nitrogens with zero attached hydrogens (tertiary/aromatic N) is 4. The van der Waals surface area contributed by atoms with E-state index in [1.54, 1.807) is 24.5 Å². The van der Waals surface area contributed by atoms with Gasteiger partial charge in [-0.25, -0.2) is 14.8 Å². The molecule has 5 rings (SSSR count). The Morgan fingerprint density at radius 2 is 1.89 bits per heavy atom. The van der Waals surface area contributed by atoms with Crippen molar-refractivity contribution in [3.63, 3.8) is 0 Å². The Hall–Kier alpha value is -4.24. The van der Waals surface area contributed by atoms with Gasteiger partial charge in [0.1, 0.15) is 22.9 Å². The van der Waals surface area contributed by atoms with E-state index in [2.05, 4.69) is 50.2 Å². The van der Waals surface area contributed by atoms with Gasteiger partial charge in [-0.05, 0) is 56.1 Å². The van der Waals surface area contributed by atoms with Crippen LogP contribution in [0.25, 0.3) is 22.3 Å². The molecule has 5 N–H and O–H groups in total. The minimum atomic E-state index is -0.338. The normalized spacial score (nSPS) is 15.6. The first-order valence-electron chi connectivity index (χ1n) is 12.6. The van der Waals surface area contributed by atoms with Gasteiger partial charge < -0.3 is 21.7 Å². The number of nitrogens with two attached hydrogens (primary N) is 1. The number of carbonyl (C=O) groups is 1. The minimum Gasteiger partial charge on any atom is -0.382 e. The maximum absolute atomic E-state index is 12.4. The fourth-order valence-electron chi connectivity index (χ4n) is 4.75. The molecule has 1 aliphatic rings. The molecule has 0 aliphatic heterocycles. The van der Waals surface area contributed by atoms with Crippen molar-refractivity contribution in [3.8, 4) is 11.3 Å². The number of hydrogen-bond acceptors (Lipinski definition) is 6. The summed E-state index contributed by atoms with van der Waals surface area (Å²) in [5.74, 6) is 1.58. The minimum absolute atomic E-state index is 0.188. The summed E-state index contributed by atoms with van der Waals surface area (Å²) in [6, 6.07) is 11.3. The number of carbonyl (C=O) groups excluding carboxylic acids is 1. The average molecular weight is 497 g/mol. The Bertz CT molecular complexity index is 1440. The number of nitrogens with one attached hydrogen (secondary N) is 3. The molecule has 0 saturated carbocycles. The van der Waals surface area contributed by atoms with E-state index in [0.717, 1.165) is 47.6 Å². The predicted octanol–water partition coefficient (Wildman–Crippen LogP) is 5.30. The summed E-state index contributed by atoms with van der Waals surface area (Å²) in [4.78, 5) is 26.0. The second-order valence-electron chi connectivity index (χ2n) is 9.57. The summed E-state index contributed by atoms with van der Waals surface area (Å²) >= 11 is 0. The summed E-state index contributed by atoms with van der Waals surface area (Å²) in [6.07, 6.45) is 10.5. The molecule has 1 aliphatic carbocycles. The number of aromatic nitrogens is 4. The van der Waals surface area contributed by atoms with Crippen LogP contribution in [0.15, 0.2) is 61.1 Å². The van der Waals surface area contributed by atoms with Crippen molar-refractivity contribution in [1.82, 2.24) is 24.7 Å². The Morgan fingerprint density at radius 3 is 2.54 bits per heavy atom. The van der Waals surface area contributed by atoms with Gasteiger partial charge in [0.05, 0.1) is 23.8 Å². The molecule has 0 spiro atoms. The van der Waals surface area contributed by atoms with Crippen molar-refractivity contribution >= 4 is 34.3 Å². The molecule has 190 valence electrons. The summed E-state index contributed by atoms with van der Waals surface area (Å²) in [5, 5.41) is 8.99. The first-order valence-corrected chi connectivity index (χ1v) is 12.6. The molecule has 0 fully saturated rings. The van der Waals surface area contributed by atoms with Crippen molar-refractivity contribution in [2.24, 2.45) is 0 Å². The van der Waals surface area contributed by atoms with E-state index in [-0.39, 0.29) is 11.9 Å². The van der Waals surface area contributed by atoms with Gasteiger partial charge in [-0.15, -0.1) is 0 Å². The van der Waals surface area contributed by atoms with Crippen LogP contribution >= 0.6 is 0 Å². The zero-order valence-corrected chi connectivity index (χ0v) is 21.3. The van der Waals surface area contributed by atoms with Gasteiger partial charge in [0, 0.05) is 29.4 Å². The molecular weight excluding hydrogens is 464 g/mol. The first kappa shape index (κ1) is 24.5. The number of fused-ring (bicyclic) bond motifs is 1. The number of nitrogen functional groups attached to an aromatic ring is 1. The van der Waals surface area contributed by atoms with Crippen LogP contribution in [0.2, 0.25) is 0 Å². The lowest BCUT2D eigenvalue weighted by Crippen LogP contribution is -2.26. The van der Waals surface area contributed by atoms with Crippen molar-refractivity contribution in [3.05, 3.63) is 72.6 Å². The molecule has 0 bridgehead atoms. The summed E-state index contributed by atoms with van der Waals surface area (Å²) < 4.78 is 2.18. The van der Waals surface area contributed by atoms with Crippen molar-refractivity contribution < 1.29 is 4.79 Å². The lowest BCUT2D eigenvalue weighted by Gasteiger charge is -2.22. The molecule has 2 amide bonds. The SMILES string of the molecule is CNC1CC=C(c2cnc(N)c3c(-c4ccc(NC(=O)Nc5cccnc5)cc4)nc(C(C)C)n23)CC1. The third kappa shape index (κ3) is 5.03. The topological polar surface area (TPSA) is 122 Å². The fraction of sp³-hybridized carbons (Fsp3) is 0.286. The fourth-order valence-corrected chi connectivity index (χ4v) is 4.75. The second kappa shape index (κ2) is 10.4. The van der Waals surface area contributed by atoms with E-state index in [0.29, 0.717) is 23.2 Å². The number of rotatable bonds is 6. The van der Waals surface area contributed by atoms with Crippen molar-refractivity contribution in [2.75, 3.05) is 23.4 Å². The van der Waals surface area contributed by atoms with Gasteiger partial charge in [0.15, 0.2) is 0 Å². The number of amides is 2. The number of urea groups is 1. The lowest BCUT2D eigenvalue weighted by atomic mass is 9.93. The monoisotopic (exact) mass is 496 g/mol. The Balaban J connectivity index is 1.48. The molecule has 1 aromatic carbocycles. The quantitative estimate of drug-likeness (QED) is 0.287. The summed E-state index contributed by atoms with van der Waals surface area (Å²) in [5.41, 5.74) is 12.6. The molecule has 4 aromatic rings. The largest absolute Gasteiger partial charge is 0.382 e. The summed E-state index contributed by atoms with van der Waals surface area (Å²) in [6.45, 7) is 4.28. The van der Waals surface area contributed by atoms with Gasteiger partial charge in [-0.1, -0.05) is 32.1 Å². The van der Waals surface area contributed by atoms with Gasteiger partial charge in [0.2, 0.25) is 0 Å². The maximum Gasteiger partial charge on any atom is 0.323 e. The van der Waals surface area contributed by atoms with Crippen LogP contribution in [0, 0.1) is 0 Å². The molecule has 1 unspecified atom stereocenters. The van der Waals surface area contributed by atoms with Crippen LogP contribution < -0.4 is 21.7 Å². The molecule has 37 heavy (non-hydrogen) atoms. The summed E-state index contributed by atoms with van der Waals surface area (Å²) in [7, 11) is 2.01. The Morgan fingerprint density at radius 1 is 1.11 bits per heavy atom. The molecule has 3 heterocycles. The second-order valence-corrected chi connectivity index (χ2v) is 9.57. The Labute approximate surface area is 216 Å². The lowest BCUT2D eigenvalue weighted by molar-refractivity contribution is 0.262. The molecule has 0 radical (unpaired) electrons. The number of pyridine rings is 1. The third-order valence-corrected chi connectivity index (χ3v) is 6.71. The van der Waals surface area contributed by atoms with E-state index in [4.69, 9.17) is 10.7 Å².